The molecule has 7 heteroatoms. The number of guanidine groups is 1. The van der Waals surface area contributed by atoms with E-state index < -0.39 is 0 Å². The van der Waals surface area contributed by atoms with Gasteiger partial charge in [0.2, 0.25) is 0 Å². The Morgan fingerprint density at radius 3 is 2.44 bits per heavy atom. The lowest BCUT2D eigenvalue weighted by atomic mass is 10.2. The van der Waals surface area contributed by atoms with E-state index in [-0.39, 0.29) is 41.1 Å². The van der Waals surface area contributed by atoms with Crippen molar-refractivity contribution in [2.75, 3.05) is 13.6 Å². The van der Waals surface area contributed by atoms with Gasteiger partial charge in [-0.3, -0.25) is 10.1 Å². The van der Waals surface area contributed by atoms with Crippen molar-refractivity contribution in [1.29, 1.82) is 0 Å². The van der Waals surface area contributed by atoms with Gasteiger partial charge in [-0.25, -0.2) is 4.99 Å². The highest BCUT2D eigenvalue weighted by Gasteiger charge is 2.13. The van der Waals surface area contributed by atoms with Crippen molar-refractivity contribution in [3.05, 3.63) is 75.8 Å². The third-order valence-corrected chi connectivity index (χ3v) is 3.55. The van der Waals surface area contributed by atoms with Crippen LogP contribution < -0.4 is 5.32 Å². The summed E-state index contributed by atoms with van der Waals surface area (Å²) >= 11 is 0. The van der Waals surface area contributed by atoms with Crippen LogP contribution in [0.5, 0.6) is 0 Å². The van der Waals surface area contributed by atoms with Crippen molar-refractivity contribution in [2.24, 2.45) is 4.99 Å². The minimum absolute atomic E-state index is 0. The Balaban J connectivity index is 0.00000312. The molecule has 6 nitrogen and oxygen atoms in total. The molecule has 2 aromatic rings. The molecule has 25 heavy (non-hydrogen) atoms. The molecule has 0 saturated carbocycles. The van der Waals surface area contributed by atoms with E-state index in [1.54, 1.807) is 18.2 Å². The molecule has 0 bridgehead atoms. The quantitative estimate of drug-likeness (QED) is 0.237. The molecule has 0 aromatic heterocycles. The predicted octanol–water partition coefficient (Wildman–Crippen LogP) is 3.81. The maximum atomic E-state index is 11.1. The third-order valence-electron chi connectivity index (χ3n) is 3.55. The lowest BCUT2D eigenvalue weighted by Crippen LogP contribution is -2.38. The van der Waals surface area contributed by atoms with Gasteiger partial charge in [-0.2, -0.15) is 0 Å². The van der Waals surface area contributed by atoms with Crippen LogP contribution in [0, 0.1) is 10.1 Å². The number of para-hydroxylation sites is 1. The Morgan fingerprint density at radius 2 is 1.80 bits per heavy atom. The van der Waals surface area contributed by atoms with Crippen LogP contribution >= 0.6 is 24.0 Å². The van der Waals surface area contributed by atoms with Crippen molar-refractivity contribution in [3.8, 4) is 0 Å². The fourth-order valence-corrected chi connectivity index (χ4v) is 2.38. The highest BCUT2D eigenvalue weighted by Crippen LogP contribution is 2.18. The van der Waals surface area contributed by atoms with Gasteiger partial charge < -0.3 is 10.2 Å². The number of halogens is 1. The summed E-state index contributed by atoms with van der Waals surface area (Å²) in [6.07, 6.45) is 0. The number of aliphatic imine (C=N–C) groups is 1. The maximum Gasteiger partial charge on any atom is 0.274 e. The topological polar surface area (TPSA) is 70.8 Å². The minimum Gasteiger partial charge on any atom is -0.357 e. The second-order valence-corrected chi connectivity index (χ2v) is 5.40. The molecule has 0 spiro atoms. The van der Waals surface area contributed by atoms with E-state index in [2.05, 4.69) is 22.4 Å². The molecule has 0 saturated heterocycles. The van der Waals surface area contributed by atoms with Crippen LogP contribution in [0.25, 0.3) is 0 Å². The summed E-state index contributed by atoms with van der Waals surface area (Å²) < 4.78 is 0. The molecule has 2 rings (SSSR count). The fraction of sp³-hybridized carbons (Fsp3) is 0.278. The summed E-state index contributed by atoms with van der Waals surface area (Å²) in [5.74, 6) is 0.722. The Morgan fingerprint density at radius 1 is 1.16 bits per heavy atom. The number of nitro groups is 1. The van der Waals surface area contributed by atoms with E-state index in [1.165, 1.54) is 11.6 Å². The lowest BCUT2D eigenvalue weighted by Gasteiger charge is -2.22. The molecule has 0 unspecified atom stereocenters. The summed E-state index contributed by atoms with van der Waals surface area (Å²) in [5.41, 5.74) is 1.88. The zero-order valence-electron chi connectivity index (χ0n) is 14.4. The average Bonchev–Trinajstić information content (AvgIpc) is 2.59. The molecule has 0 aliphatic rings. The van der Waals surface area contributed by atoms with Gasteiger partial charge in [0.05, 0.1) is 17.0 Å². The molecule has 0 amide bonds. The third kappa shape index (κ3) is 6.33. The fourth-order valence-electron chi connectivity index (χ4n) is 2.38. The van der Waals surface area contributed by atoms with Gasteiger partial charge in [-0.1, -0.05) is 48.5 Å². The van der Waals surface area contributed by atoms with Crippen LogP contribution in [0.3, 0.4) is 0 Å². The standard InChI is InChI=1S/C18H22N4O2.HI/c1-3-19-18(21(2)14-15-9-5-4-6-10-15)20-13-16-11-7-8-12-17(16)22(23)24;/h4-12H,3,13-14H2,1-2H3,(H,19,20);1H. The van der Waals surface area contributed by atoms with Gasteiger partial charge in [0.1, 0.15) is 0 Å². The molecule has 0 atom stereocenters. The SMILES string of the molecule is CCNC(=NCc1ccccc1[N+](=O)[O-])N(C)Cc1ccccc1.I. The largest absolute Gasteiger partial charge is 0.357 e. The first kappa shape index (κ1) is 20.9. The smallest absolute Gasteiger partial charge is 0.274 e. The van der Waals surface area contributed by atoms with Crippen LogP contribution in [0.4, 0.5) is 5.69 Å². The molecule has 0 aliphatic heterocycles. The second-order valence-electron chi connectivity index (χ2n) is 5.40. The molecular weight excluding hydrogens is 431 g/mol. The van der Waals surface area contributed by atoms with Crippen molar-refractivity contribution >= 4 is 35.6 Å². The summed E-state index contributed by atoms with van der Waals surface area (Å²) in [5, 5.41) is 14.3. The molecule has 1 N–H and O–H groups in total. The molecule has 0 radical (unpaired) electrons. The number of nitro benzene ring substituents is 1. The van der Waals surface area contributed by atoms with E-state index in [4.69, 9.17) is 0 Å². The Kier molecular flexibility index (Phi) is 8.90. The van der Waals surface area contributed by atoms with Crippen LogP contribution in [0.15, 0.2) is 59.6 Å². The molecule has 0 fully saturated rings. The number of nitrogens with one attached hydrogen (secondary N) is 1. The van der Waals surface area contributed by atoms with Gasteiger partial charge in [-0.05, 0) is 12.5 Å². The van der Waals surface area contributed by atoms with Crippen LogP contribution in [-0.4, -0.2) is 29.4 Å². The first-order valence-corrected chi connectivity index (χ1v) is 7.87. The minimum atomic E-state index is -0.370. The maximum absolute atomic E-state index is 11.1. The summed E-state index contributed by atoms with van der Waals surface area (Å²) in [4.78, 5) is 17.3. The van der Waals surface area contributed by atoms with Gasteiger partial charge in [-0.15, -0.1) is 24.0 Å². The predicted molar refractivity (Wildman–Crippen MR) is 111 cm³/mol. The first-order chi connectivity index (χ1) is 11.6. The van der Waals surface area contributed by atoms with Crippen molar-refractivity contribution in [2.45, 2.75) is 20.0 Å². The van der Waals surface area contributed by atoms with E-state index in [0.717, 1.165) is 12.5 Å². The van der Waals surface area contributed by atoms with Crippen LogP contribution in [0.2, 0.25) is 0 Å². The van der Waals surface area contributed by atoms with Gasteiger partial charge in [0.15, 0.2) is 5.96 Å². The molecular formula is C18H23IN4O2. The lowest BCUT2D eigenvalue weighted by molar-refractivity contribution is -0.385. The number of hydrogen-bond donors (Lipinski definition) is 1. The number of nitrogens with zero attached hydrogens (tertiary/aromatic N) is 3. The van der Waals surface area contributed by atoms with Crippen LogP contribution in [0.1, 0.15) is 18.1 Å². The van der Waals surface area contributed by atoms with Crippen molar-refractivity contribution in [1.82, 2.24) is 10.2 Å². The average molecular weight is 454 g/mol. The highest BCUT2D eigenvalue weighted by atomic mass is 127. The summed E-state index contributed by atoms with van der Waals surface area (Å²) in [7, 11) is 1.95. The van der Waals surface area contributed by atoms with Crippen LogP contribution in [-0.2, 0) is 13.1 Å². The Hall–Kier alpha value is -2.16. The molecule has 0 heterocycles. The summed E-state index contributed by atoms with van der Waals surface area (Å²) in [6.45, 7) is 3.70. The van der Waals surface area contributed by atoms with E-state index in [1.807, 2.05) is 37.1 Å². The monoisotopic (exact) mass is 454 g/mol. The normalized spacial score (nSPS) is 10.7. The number of rotatable bonds is 6. The van der Waals surface area contributed by atoms with Gasteiger partial charge in [0.25, 0.3) is 5.69 Å². The van der Waals surface area contributed by atoms with Crippen molar-refractivity contribution < 1.29 is 4.92 Å². The van der Waals surface area contributed by atoms with Gasteiger partial charge in [0, 0.05) is 26.2 Å². The molecule has 0 aliphatic carbocycles. The molecule has 2 aromatic carbocycles. The van der Waals surface area contributed by atoms with E-state index in [0.29, 0.717) is 12.1 Å². The van der Waals surface area contributed by atoms with Gasteiger partial charge >= 0.3 is 0 Å². The zero-order chi connectivity index (χ0) is 17.4. The first-order valence-electron chi connectivity index (χ1n) is 7.87. The summed E-state index contributed by atoms with van der Waals surface area (Å²) in [6, 6.07) is 16.8. The highest BCUT2D eigenvalue weighted by molar-refractivity contribution is 14.0. The Labute approximate surface area is 165 Å². The zero-order valence-corrected chi connectivity index (χ0v) is 16.7. The number of benzene rings is 2. The van der Waals surface area contributed by atoms with Crippen molar-refractivity contribution in [3.63, 3.8) is 0 Å². The Bertz CT molecular complexity index is 707. The van der Waals surface area contributed by atoms with E-state index in [9.17, 15) is 10.1 Å². The second kappa shape index (κ2) is 10.7. The van der Waals surface area contributed by atoms with E-state index >= 15 is 0 Å². The molecule has 134 valence electrons. The number of hydrogen-bond acceptors (Lipinski definition) is 3.